The van der Waals surface area contributed by atoms with Gasteiger partial charge >= 0.3 is 0 Å². The Labute approximate surface area is 177 Å². The highest BCUT2D eigenvalue weighted by Gasteiger charge is 2.15. The van der Waals surface area contributed by atoms with Crippen molar-refractivity contribution in [3.05, 3.63) is 78.4 Å². The number of sulfonamides is 1. The van der Waals surface area contributed by atoms with Crippen molar-refractivity contribution < 1.29 is 31.5 Å². The van der Waals surface area contributed by atoms with Crippen molar-refractivity contribution in [3.63, 3.8) is 0 Å². The van der Waals surface area contributed by atoms with E-state index in [0.29, 0.717) is 11.4 Å². The zero-order valence-electron chi connectivity index (χ0n) is 16.3. The SMILES string of the molecule is COc1ccc(NS(=O)(=O)c2ccc(OCC(=O)Nc3c(F)cccc3F)cc2)cc1. The number of methoxy groups -OCH3 is 1. The second kappa shape index (κ2) is 9.43. The number of hydrogen-bond donors (Lipinski definition) is 2. The Morgan fingerprint density at radius 3 is 2.06 bits per heavy atom. The van der Waals surface area contributed by atoms with Crippen LogP contribution in [-0.2, 0) is 14.8 Å². The van der Waals surface area contributed by atoms with Gasteiger partial charge in [0.15, 0.2) is 6.61 Å². The Morgan fingerprint density at radius 2 is 1.48 bits per heavy atom. The standard InChI is InChI=1S/C21H18F2N2O5S/c1-29-15-7-5-14(6-8-15)25-31(27,28)17-11-9-16(10-12-17)30-13-20(26)24-21-18(22)3-2-4-19(21)23/h2-12,25H,13H2,1H3,(H,24,26). The molecule has 0 radical (unpaired) electrons. The van der Waals surface area contributed by atoms with E-state index < -0.39 is 39.9 Å². The van der Waals surface area contributed by atoms with Crippen LogP contribution in [0.25, 0.3) is 0 Å². The van der Waals surface area contributed by atoms with Crippen molar-refractivity contribution in [2.24, 2.45) is 0 Å². The zero-order valence-corrected chi connectivity index (χ0v) is 17.1. The summed E-state index contributed by atoms with van der Waals surface area (Å²) in [5, 5.41) is 2.09. The van der Waals surface area contributed by atoms with Gasteiger partial charge in [-0.15, -0.1) is 0 Å². The van der Waals surface area contributed by atoms with E-state index in [1.807, 2.05) is 0 Å². The predicted molar refractivity (Wildman–Crippen MR) is 111 cm³/mol. The molecule has 0 aliphatic carbocycles. The number of hydrogen-bond acceptors (Lipinski definition) is 5. The van der Waals surface area contributed by atoms with Gasteiger partial charge in [-0.05, 0) is 60.7 Å². The zero-order chi connectivity index (χ0) is 22.4. The highest BCUT2D eigenvalue weighted by molar-refractivity contribution is 7.92. The third-order valence-electron chi connectivity index (χ3n) is 4.07. The molecule has 31 heavy (non-hydrogen) atoms. The largest absolute Gasteiger partial charge is 0.497 e. The van der Waals surface area contributed by atoms with Crippen LogP contribution in [0.2, 0.25) is 0 Å². The lowest BCUT2D eigenvalue weighted by Crippen LogP contribution is -2.21. The maximum Gasteiger partial charge on any atom is 0.262 e. The number of benzene rings is 3. The summed E-state index contributed by atoms with van der Waals surface area (Å²) in [5.41, 5.74) is -0.208. The van der Waals surface area contributed by atoms with Crippen molar-refractivity contribution in [1.82, 2.24) is 0 Å². The van der Waals surface area contributed by atoms with E-state index in [2.05, 4.69) is 10.0 Å². The summed E-state index contributed by atoms with van der Waals surface area (Å²) < 4.78 is 64.8. The van der Waals surface area contributed by atoms with Gasteiger partial charge in [0, 0.05) is 5.69 Å². The maximum absolute atomic E-state index is 13.6. The normalized spacial score (nSPS) is 10.9. The molecule has 7 nitrogen and oxygen atoms in total. The van der Waals surface area contributed by atoms with Gasteiger partial charge in [-0.25, -0.2) is 17.2 Å². The molecule has 0 heterocycles. The minimum absolute atomic E-state index is 0.0199. The van der Waals surface area contributed by atoms with Crippen LogP contribution >= 0.6 is 0 Å². The number of carbonyl (C=O) groups excluding carboxylic acids is 1. The van der Waals surface area contributed by atoms with Crippen LogP contribution in [0.3, 0.4) is 0 Å². The molecule has 0 unspecified atom stereocenters. The van der Waals surface area contributed by atoms with Crippen molar-refractivity contribution in [2.45, 2.75) is 4.90 Å². The molecule has 3 rings (SSSR count). The first-order chi connectivity index (χ1) is 14.8. The second-order valence-corrected chi connectivity index (χ2v) is 7.92. The average molecular weight is 448 g/mol. The molecule has 3 aromatic rings. The number of ether oxygens (including phenoxy) is 2. The smallest absolute Gasteiger partial charge is 0.262 e. The van der Waals surface area contributed by atoms with E-state index in [1.165, 1.54) is 37.4 Å². The van der Waals surface area contributed by atoms with Gasteiger partial charge in [0.2, 0.25) is 0 Å². The first-order valence-corrected chi connectivity index (χ1v) is 10.4. The Kier molecular flexibility index (Phi) is 6.71. The van der Waals surface area contributed by atoms with Crippen LogP contribution in [-0.4, -0.2) is 28.0 Å². The molecule has 0 bridgehead atoms. The van der Waals surface area contributed by atoms with Gasteiger partial charge in [-0.3, -0.25) is 9.52 Å². The van der Waals surface area contributed by atoms with E-state index in [9.17, 15) is 22.0 Å². The van der Waals surface area contributed by atoms with Crippen LogP contribution < -0.4 is 19.5 Å². The topological polar surface area (TPSA) is 93.7 Å². The van der Waals surface area contributed by atoms with Gasteiger partial charge in [0.05, 0.1) is 12.0 Å². The molecule has 0 spiro atoms. The Balaban J connectivity index is 1.59. The van der Waals surface area contributed by atoms with Gasteiger partial charge in [0.25, 0.3) is 15.9 Å². The fraction of sp³-hybridized carbons (Fsp3) is 0.0952. The summed E-state index contributed by atoms with van der Waals surface area (Å²) in [4.78, 5) is 11.9. The molecule has 3 aromatic carbocycles. The van der Waals surface area contributed by atoms with E-state index >= 15 is 0 Å². The van der Waals surface area contributed by atoms with Crippen molar-refractivity contribution in [3.8, 4) is 11.5 Å². The molecule has 0 fully saturated rings. The summed E-state index contributed by atoms with van der Waals surface area (Å²) in [5.74, 6) is -1.81. The molecule has 0 saturated heterocycles. The van der Waals surface area contributed by atoms with E-state index in [0.717, 1.165) is 12.1 Å². The number of rotatable bonds is 8. The summed E-state index contributed by atoms with van der Waals surface area (Å²) in [6.45, 7) is -0.524. The van der Waals surface area contributed by atoms with Crippen LogP contribution in [0.15, 0.2) is 71.6 Å². The van der Waals surface area contributed by atoms with Crippen LogP contribution in [0.4, 0.5) is 20.2 Å². The molecular weight excluding hydrogens is 430 g/mol. The summed E-state index contributed by atoms with van der Waals surface area (Å²) in [6.07, 6.45) is 0. The molecule has 2 N–H and O–H groups in total. The van der Waals surface area contributed by atoms with Crippen LogP contribution in [0.1, 0.15) is 0 Å². The summed E-state index contributed by atoms with van der Waals surface area (Å²) >= 11 is 0. The van der Waals surface area contributed by atoms with E-state index in [-0.39, 0.29) is 10.6 Å². The molecule has 10 heteroatoms. The number of halogens is 2. The first kappa shape index (κ1) is 22.0. The molecular formula is C21H18F2N2O5S. The van der Waals surface area contributed by atoms with Gasteiger partial charge < -0.3 is 14.8 Å². The van der Waals surface area contributed by atoms with E-state index in [4.69, 9.17) is 9.47 Å². The Hall–Kier alpha value is -3.66. The van der Waals surface area contributed by atoms with Crippen LogP contribution in [0.5, 0.6) is 11.5 Å². The van der Waals surface area contributed by atoms with Gasteiger partial charge in [0.1, 0.15) is 28.8 Å². The predicted octanol–water partition coefficient (Wildman–Crippen LogP) is 3.79. The quantitative estimate of drug-likeness (QED) is 0.547. The molecule has 1 amide bonds. The molecule has 0 aliphatic heterocycles. The van der Waals surface area contributed by atoms with Gasteiger partial charge in [-0.2, -0.15) is 0 Å². The maximum atomic E-state index is 13.6. The number of nitrogens with one attached hydrogen (secondary N) is 2. The lowest BCUT2D eigenvalue weighted by molar-refractivity contribution is -0.118. The lowest BCUT2D eigenvalue weighted by Gasteiger charge is -2.11. The van der Waals surface area contributed by atoms with Crippen LogP contribution in [0, 0.1) is 11.6 Å². The summed E-state index contributed by atoms with van der Waals surface area (Å²) in [7, 11) is -2.34. The number of anilines is 2. The highest BCUT2D eigenvalue weighted by atomic mass is 32.2. The highest BCUT2D eigenvalue weighted by Crippen LogP contribution is 2.22. The first-order valence-electron chi connectivity index (χ1n) is 8.92. The van der Waals surface area contributed by atoms with Crippen molar-refractivity contribution in [1.29, 1.82) is 0 Å². The number of para-hydroxylation sites is 1. The molecule has 162 valence electrons. The third-order valence-corrected chi connectivity index (χ3v) is 5.47. The minimum Gasteiger partial charge on any atom is -0.497 e. The monoisotopic (exact) mass is 448 g/mol. The fourth-order valence-corrected chi connectivity index (χ4v) is 3.59. The molecule has 0 saturated carbocycles. The van der Waals surface area contributed by atoms with Crippen molar-refractivity contribution in [2.75, 3.05) is 23.8 Å². The fourth-order valence-electron chi connectivity index (χ4n) is 2.53. The second-order valence-electron chi connectivity index (χ2n) is 6.24. The van der Waals surface area contributed by atoms with Crippen molar-refractivity contribution >= 4 is 27.3 Å². The van der Waals surface area contributed by atoms with Gasteiger partial charge in [-0.1, -0.05) is 6.07 Å². The Morgan fingerprint density at radius 1 is 0.903 bits per heavy atom. The number of amides is 1. The average Bonchev–Trinajstić information content (AvgIpc) is 2.75. The third kappa shape index (κ3) is 5.70. The minimum atomic E-state index is -3.84. The summed E-state index contributed by atoms with van der Waals surface area (Å²) in [6, 6.07) is 14.9. The van der Waals surface area contributed by atoms with E-state index in [1.54, 1.807) is 24.3 Å². The molecule has 0 aliphatic rings. The Bertz CT molecular complexity index is 1150. The molecule has 0 aromatic heterocycles. The molecule has 0 atom stereocenters. The lowest BCUT2D eigenvalue weighted by atomic mass is 10.3. The number of carbonyl (C=O) groups is 1.